The van der Waals surface area contributed by atoms with E-state index in [0.29, 0.717) is 0 Å². The molecule has 5 aromatic carbocycles. The summed E-state index contributed by atoms with van der Waals surface area (Å²) in [6, 6.07) is 44.6. The van der Waals surface area contributed by atoms with Crippen LogP contribution in [-0.4, -0.2) is 14.5 Å². The number of hydrogen-bond acceptors (Lipinski definition) is 2. The SMILES string of the molecule is c1ccc(-n2c(-c3cccc(-c4ccc5c6c(cccc46)-c4ccccc4-5)n3)nc3ccccc32)cc1. The molecule has 0 unspecified atom stereocenters. The van der Waals surface area contributed by atoms with Crippen molar-refractivity contribution >= 4 is 21.8 Å². The number of pyridine rings is 1. The first-order valence-corrected chi connectivity index (χ1v) is 12.5. The van der Waals surface area contributed by atoms with Gasteiger partial charge in [0.15, 0.2) is 5.82 Å². The molecule has 3 heteroatoms. The summed E-state index contributed by atoms with van der Waals surface area (Å²) in [5.41, 5.74) is 11.2. The van der Waals surface area contributed by atoms with Gasteiger partial charge < -0.3 is 0 Å². The van der Waals surface area contributed by atoms with Gasteiger partial charge in [0.2, 0.25) is 0 Å². The van der Waals surface area contributed by atoms with Gasteiger partial charge in [-0.1, -0.05) is 91.0 Å². The fourth-order valence-electron chi connectivity index (χ4n) is 5.78. The summed E-state index contributed by atoms with van der Waals surface area (Å²) in [4.78, 5) is 10.2. The van der Waals surface area contributed by atoms with E-state index in [-0.39, 0.29) is 0 Å². The second-order valence-electron chi connectivity index (χ2n) is 9.44. The first kappa shape index (κ1) is 20.2. The maximum absolute atomic E-state index is 5.19. The molecule has 0 saturated heterocycles. The highest BCUT2D eigenvalue weighted by molar-refractivity contribution is 6.18. The van der Waals surface area contributed by atoms with E-state index in [1.54, 1.807) is 0 Å². The largest absolute Gasteiger partial charge is 0.291 e. The number of hydrogen-bond donors (Lipinski definition) is 0. The lowest BCUT2D eigenvalue weighted by Crippen LogP contribution is -1.99. The van der Waals surface area contributed by atoms with Gasteiger partial charge in [-0.15, -0.1) is 0 Å². The van der Waals surface area contributed by atoms with Crippen LogP contribution in [0.1, 0.15) is 0 Å². The maximum Gasteiger partial charge on any atom is 0.164 e. The molecule has 0 fully saturated rings. The van der Waals surface area contributed by atoms with E-state index in [0.717, 1.165) is 39.5 Å². The van der Waals surface area contributed by atoms with Gasteiger partial charge in [-0.05, 0) is 69.4 Å². The molecule has 37 heavy (non-hydrogen) atoms. The average Bonchev–Trinajstić information content (AvgIpc) is 3.52. The summed E-state index contributed by atoms with van der Waals surface area (Å²) < 4.78 is 2.20. The Labute approximate surface area is 214 Å². The second kappa shape index (κ2) is 7.74. The van der Waals surface area contributed by atoms with Crippen molar-refractivity contribution < 1.29 is 0 Å². The Morgan fingerprint density at radius 2 is 1.08 bits per heavy atom. The van der Waals surface area contributed by atoms with Gasteiger partial charge in [-0.25, -0.2) is 9.97 Å². The lowest BCUT2D eigenvalue weighted by molar-refractivity contribution is 1.08. The first-order chi connectivity index (χ1) is 18.4. The predicted molar refractivity (Wildman–Crippen MR) is 152 cm³/mol. The third-order valence-electron chi connectivity index (χ3n) is 7.38. The van der Waals surface area contributed by atoms with Crippen LogP contribution in [0, 0.1) is 0 Å². The quantitative estimate of drug-likeness (QED) is 0.258. The van der Waals surface area contributed by atoms with E-state index in [2.05, 4.69) is 120 Å². The van der Waals surface area contributed by atoms with Crippen LogP contribution in [-0.2, 0) is 0 Å². The monoisotopic (exact) mass is 471 g/mol. The lowest BCUT2D eigenvalue weighted by atomic mass is 9.96. The van der Waals surface area contributed by atoms with Crippen molar-refractivity contribution in [2.75, 3.05) is 0 Å². The van der Waals surface area contributed by atoms with E-state index in [4.69, 9.17) is 9.97 Å². The minimum Gasteiger partial charge on any atom is -0.291 e. The number of para-hydroxylation sites is 3. The van der Waals surface area contributed by atoms with Crippen LogP contribution in [0.3, 0.4) is 0 Å². The number of benzene rings is 5. The van der Waals surface area contributed by atoms with Crippen LogP contribution in [0.25, 0.3) is 72.5 Å². The normalized spacial score (nSPS) is 11.8. The molecule has 0 saturated carbocycles. The van der Waals surface area contributed by atoms with Crippen LogP contribution in [0.2, 0.25) is 0 Å². The van der Waals surface area contributed by atoms with E-state index in [1.807, 2.05) is 12.1 Å². The van der Waals surface area contributed by atoms with Gasteiger partial charge in [0.1, 0.15) is 5.69 Å². The maximum atomic E-state index is 5.19. The van der Waals surface area contributed by atoms with Gasteiger partial charge in [-0.3, -0.25) is 4.57 Å². The van der Waals surface area contributed by atoms with Crippen LogP contribution >= 0.6 is 0 Å². The zero-order chi connectivity index (χ0) is 24.3. The topological polar surface area (TPSA) is 30.7 Å². The molecule has 3 nitrogen and oxygen atoms in total. The molecule has 0 N–H and O–H groups in total. The van der Waals surface area contributed by atoms with Crippen LogP contribution in [0.15, 0.2) is 127 Å². The Hall–Kier alpha value is -5.02. The number of aromatic nitrogens is 3. The van der Waals surface area contributed by atoms with E-state index in [1.165, 1.54) is 33.0 Å². The van der Waals surface area contributed by atoms with Gasteiger partial charge >= 0.3 is 0 Å². The Balaban J connectivity index is 1.34. The molecule has 8 rings (SSSR count). The van der Waals surface area contributed by atoms with Crippen molar-refractivity contribution in [3.63, 3.8) is 0 Å². The lowest BCUT2D eigenvalue weighted by Gasteiger charge is -2.12. The minimum atomic E-state index is 0.840. The fourth-order valence-corrected chi connectivity index (χ4v) is 5.78. The molecule has 0 atom stereocenters. The number of fused-ring (bicyclic) bond motifs is 4. The van der Waals surface area contributed by atoms with E-state index in [9.17, 15) is 0 Å². The predicted octanol–water partition coefficient (Wildman–Crippen LogP) is 8.56. The molecule has 2 heterocycles. The van der Waals surface area contributed by atoms with Gasteiger partial charge in [0.25, 0.3) is 0 Å². The highest BCUT2D eigenvalue weighted by Crippen LogP contribution is 2.49. The van der Waals surface area contributed by atoms with Gasteiger partial charge in [-0.2, -0.15) is 0 Å². The van der Waals surface area contributed by atoms with Crippen LogP contribution < -0.4 is 0 Å². The molecular formula is C34H21N3. The molecule has 172 valence electrons. The molecule has 7 aromatic rings. The minimum absolute atomic E-state index is 0.840. The molecule has 0 bridgehead atoms. The Morgan fingerprint density at radius 1 is 0.432 bits per heavy atom. The van der Waals surface area contributed by atoms with Crippen molar-refractivity contribution in [1.82, 2.24) is 14.5 Å². The van der Waals surface area contributed by atoms with Crippen molar-refractivity contribution in [2.24, 2.45) is 0 Å². The van der Waals surface area contributed by atoms with E-state index < -0.39 is 0 Å². The smallest absolute Gasteiger partial charge is 0.164 e. The van der Waals surface area contributed by atoms with Crippen LogP contribution in [0.4, 0.5) is 0 Å². The molecule has 0 aliphatic heterocycles. The summed E-state index contributed by atoms with van der Waals surface area (Å²) in [7, 11) is 0. The number of rotatable bonds is 3. The zero-order valence-electron chi connectivity index (χ0n) is 20.0. The van der Waals surface area contributed by atoms with Crippen molar-refractivity contribution in [3.05, 3.63) is 127 Å². The Morgan fingerprint density at radius 3 is 1.95 bits per heavy atom. The summed E-state index contributed by atoms with van der Waals surface area (Å²) >= 11 is 0. The number of nitrogens with zero attached hydrogens (tertiary/aromatic N) is 3. The van der Waals surface area contributed by atoms with Crippen LogP contribution in [0.5, 0.6) is 0 Å². The summed E-state index contributed by atoms with van der Waals surface area (Å²) in [5.74, 6) is 0.840. The van der Waals surface area contributed by atoms with Gasteiger partial charge in [0, 0.05) is 11.3 Å². The molecule has 1 aliphatic carbocycles. The van der Waals surface area contributed by atoms with E-state index >= 15 is 0 Å². The third kappa shape index (κ3) is 2.95. The highest BCUT2D eigenvalue weighted by atomic mass is 15.1. The summed E-state index contributed by atoms with van der Waals surface area (Å²) in [5, 5.41) is 2.54. The molecule has 0 radical (unpaired) electrons. The molecule has 0 spiro atoms. The number of imidazole rings is 1. The molecule has 2 aromatic heterocycles. The highest BCUT2D eigenvalue weighted by Gasteiger charge is 2.23. The molecule has 0 amide bonds. The second-order valence-corrected chi connectivity index (χ2v) is 9.44. The average molecular weight is 472 g/mol. The first-order valence-electron chi connectivity index (χ1n) is 12.5. The molecule has 1 aliphatic rings. The third-order valence-corrected chi connectivity index (χ3v) is 7.38. The summed E-state index contributed by atoms with van der Waals surface area (Å²) in [6.07, 6.45) is 0. The fraction of sp³-hybridized carbons (Fsp3) is 0. The molecular weight excluding hydrogens is 450 g/mol. The summed E-state index contributed by atoms with van der Waals surface area (Å²) in [6.45, 7) is 0. The van der Waals surface area contributed by atoms with Gasteiger partial charge in [0.05, 0.1) is 16.7 Å². The Bertz CT molecular complexity index is 1950. The van der Waals surface area contributed by atoms with Crippen molar-refractivity contribution in [1.29, 1.82) is 0 Å². The zero-order valence-corrected chi connectivity index (χ0v) is 20.0. The van der Waals surface area contributed by atoms with Crippen molar-refractivity contribution in [3.8, 4) is 50.7 Å². The standard InChI is InChI=1S/C34H21N3/c1-2-10-22(11-3-1)37-32-19-7-6-16-30(32)36-34(37)31-18-9-17-29(35-31)25-20-21-28-24-13-5-4-12-23(24)26-14-8-15-27(25)33(26)28/h1-21H. The Kier molecular flexibility index (Phi) is 4.23. The van der Waals surface area contributed by atoms with Crippen molar-refractivity contribution in [2.45, 2.75) is 0 Å².